The Hall–Kier alpha value is -2.41. The predicted molar refractivity (Wildman–Crippen MR) is 76.4 cm³/mol. The van der Waals surface area contributed by atoms with Crippen molar-refractivity contribution in [1.82, 2.24) is 0 Å². The average molecular weight is 294 g/mol. The lowest BCUT2D eigenvalue weighted by Gasteiger charge is -2.18. The van der Waals surface area contributed by atoms with Gasteiger partial charge in [-0.1, -0.05) is 13.8 Å². The van der Waals surface area contributed by atoms with Gasteiger partial charge in [-0.3, -0.25) is 4.79 Å². The maximum Gasteiger partial charge on any atom is 0.335 e. The maximum absolute atomic E-state index is 12.1. The van der Waals surface area contributed by atoms with Gasteiger partial charge in [0.05, 0.1) is 17.0 Å². The van der Waals surface area contributed by atoms with Crippen molar-refractivity contribution < 1.29 is 24.6 Å². The highest BCUT2D eigenvalue weighted by atomic mass is 16.4. The monoisotopic (exact) mass is 294 g/mol. The molecule has 21 heavy (non-hydrogen) atoms. The van der Waals surface area contributed by atoms with E-state index in [0.29, 0.717) is 0 Å². The highest BCUT2D eigenvalue weighted by molar-refractivity contribution is 5.99. The van der Waals surface area contributed by atoms with Gasteiger partial charge in [-0.05, 0) is 24.1 Å². The molecular weight excluding hydrogens is 276 g/mol. The molecule has 1 atom stereocenters. The zero-order valence-corrected chi connectivity index (χ0v) is 11.8. The summed E-state index contributed by atoms with van der Waals surface area (Å²) in [4.78, 5) is 34.0. The molecule has 1 aromatic rings. The number of benzene rings is 1. The van der Waals surface area contributed by atoms with E-state index in [-0.39, 0.29) is 35.2 Å². The van der Waals surface area contributed by atoms with Crippen LogP contribution in [-0.2, 0) is 4.79 Å². The quantitative estimate of drug-likeness (QED) is 0.624. The van der Waals surface area contributed by atoms with Crippen LogP contribution in [0.1, 0.15) is 34.6 Å². The van der Waals surface area contributed by atoms with Crippen LogP contribution in [0.25, 0.3) is 0 Å². The van der Waals surface area contributed by atoms with Crippen LogP contribution in [0.3, 0.4) is 0 Å². The number of nitrogens with one attached hydrogen (secondary N) is 1. The van der Waals surface area contributed by atoms with Crippen molar-refractivity contribution in [3.8, 4) is 0 Å². The highest BCUT2D eigenvalue weighted by Crippen LogP contribution is 2.18. The van der Waals surface area contributed by atoms with Gasteiger partial charge in [0.2, 0.25) is 5.91 Å². The molecule has 7 nitrogen and oxygen atoms in total. The molecular formula is C14H18N2O5. The van der Waals surface area contributed by atoms with Crippen LogP contribution < -0.4 is 11.1 Å². The van der Waals surface area contributed by atoms with Gasteiger partial charge in [-0.15, -0.1) is 0 Å². The third kappa shape index (κ3) is 4.28. The van der Waals surface area contributed by atoms with Crippen molar-refractivity contribution in [1.29, 1.82) is 0 Å². The summed E-state index contributed by atoms with van der Waals surface area (Å²) < 4.78 is 0. The van der Waals surface area contributed by atoms with E-state index in [1.807, 2.05) is 13.8 Å². The molecule has 0 saturated heterocycles. The number of hydrogen-bond acceptors (Lipinski definition) is 4. The molecule has 0 aliphatic heterocycles. The van der Waals surface area contributed by atoms with Crippen molar-refractivity contribution in [2.24, 2.45) is 17.6 Å². The van der Waals surface area contributed by atoms with E-state index in [4.69, 9.17) is 15.9 Å². The van der Waals surface area contributed by atoms with Gasteiger partial charge in [0, 0.05) is 12.2 Å². The Morgan fingerprint density at radius 2 is 1.57 bits per heavy atom. The van der Waals surface area contributed by atoms with Crippen LogP contribution in [0, 0.1) is 11.8 Å². The van der Waals surface area contributed by atoms with E-state index in [1.54, 1.807) is 0 Å². The van der Waals surface area contributed by atoms with Crippen molar-refractivity contribution in [2.75, 3.05) is 11.9 Å². The first-order chi connectivity index (χ1) is 9.76. The lowest BCUT2D eigenvalue weighted by Crippen LogP contribution is -2.33. The zero-order chi connectivity index (χ0) is 16.2. The summed E-state index contributed by atoms with van der Waals surface area (Å²) in [5.41, 5.74) is 5.24. The van der Waals surface area contributed by atoms with Gasteiger partial charge in [-0.25, -0.2) is 9.59 Å². The molecule has 7 heteroatoms. The first-order valence-electron chi connectivity index (χ1n) is 6.38. The van der Waals surface area contributed by atoms with Crippen LogP contribution in [0.4, 0.5) is 5.69 Å². The summed E-state index contributed by atoms with van der Waals surface area (Å²) in [6, 6.07) is 3.45. The molecule has 1 rings (SSSR count). The van der Waals surface area contributed by atoms with Crippen molar-refractivity contribution in [2.45, 2.75) is 13.8 Å². The average Bonchev–Trinajstić information content (AvgIpc) is 2.38. The van der Waals surface area contributed by atoms with E-state index in [0.717, 1.165) is 6.07 Å². The van der Waals surface area contributed by atoms with Gasteiger partial charge in [-0.2, -0.15) is 0 Å². The molecule has 1 amide bonds. The summed E-state index contributed by atoms with van der Waals surface area (Å²) >= 11 is 0. The number of carboxylic acids is 2. The summed E-state index contributed by atoms with van der Waals surface area (Å²) in [7, 11) is 0. The Morgan fingerprint density at radius 1 is 1.10 bits per heavy atom. The zero-order valence-electron chi connectivity index (χ0n) is 11.8. The smallest absolute Gasteiger partial charge is 0.335 e. The summed E-state index contributed by atoms with van der Waals surface area (Å²) in [6.07, 6.45) is 0. The standard InChI is InChI=1S/C14H18N2O5/c1-7(2)11(6-15)12(17)16-10-4-8(13(18)19)3-9(5-10)14(20)21/h3-5,7,11H,6,15H2,1-2H3,(H,16,17)(H,18,19)(H,20,21). The molecule has 5 N–H and O–H groups in total. The van der Waals surface area contributed by atoms with Gasteiger partial charge in [0.15, 0.2) is 0 Å². The molecule has 0 aliphatic rings. The third-order valence-electron chi connectivity index (χ3n) is 3.09. The predicted octanol–water partition coefficient (Wildman–Crippen LogP) is 1.25. The van der Waals surface area contributed by atoms with Crippen LogP contribution in [0.15, 0.2) is 18.2 Å². The van der Waals surface area contributed by atoms with Crippen LogP contribution in [-0.4, -0.2) is 34.6 Å². The molecule has 0 aromatic heterocycles. The lowest BCUT2D eigenvalue weighted by atomic mass is 9.95. The summed E-state index contributed by atoms with van der Waals surface area (Å²) in [5.74, 6) is -3.34. The number of rotatable bonds is 6. The Morgan fingerprint density at radius 3 is 1.90 bits per heavy atom. The minimum Gasteiger partial charge on any atom is -0.478 e. The van der Waals surface area contributed by atoms with Gasteiger partial charge in [0.25, 0.3) is 0 Å². The second-order valence-electron chi connectivity index (χ2n) is 4.98. The van der Waals surface area contributed by atoms with Crippen LogP contribution in [0.2, 0.25) is 0 Å². The van der Waals surface area contributed by atoms with Crippen molar-refractivity contribution in [3.05, 3.63) is 29.3 Å². The number of amides is 1. The topological polar surface area (TPSA) is 130 Å². The number of carboxylic acid groups (broad SMARTS) is 2. The first kappa shape index (κ1) is 16.6. The van der Waals surface area contributed by atoms with Crippen molar-refractivity contribution in [3.63, 3.8) is 0 Å². The van der Waals surface area contributed by atoms with Gasteiger partial charge >= 0.3 is 11.9 Å². The number of aromatic carboxylic acids is 2. The Kier molecular flexibility index (Phi) is 5.43. The molecule has 0 heterocycles. The second-order valence-corrected chi connectivity index (χ2v) is 4.98. The molecule has 1 unspecified atom stereocenters. The summed E-state index contributed by atoms with van der Waals surface area (Å²) in [6.45, 7) is 3.83. The van der Waals surface area contributed by atoms with E-state index in [9.17, 15) is 14.4 Å². The number of anilines is 1. The molecule has 114 valence electrons. The molecule has 0 spiro atoms. The minimum atomic E-state index is -1.27. The van der Waals surface area contributed by atoms with E-state index in [1.165, 1.54) is 12.1 Å². The number of carbonyl (C=O) groups excluding carboxylic acids is 1. The first-order valence-corrected chi connectivity index (χ1v) is 6.38. The molecule has 0 aliphatic carbocycles. The van der Waals surface area contributed by atoms with Gasteiger partial charge < -0.3 is 21.3 Å². The normalized spacial score (nSPS) is 12.0. The maximum atomic E-state index is 12.1. The molecule has 1 aromatic carbocycles. The second kappa shape index (κ2) is 6.85. The third-order valence-corrected chi connectivity index (χ3v) is 3.09. The Labute approximate surface area is 121 Å². The molecule has 0 saturated carbocycles. The fourth-order valence-electron chi connectivity index (χ4n) is 1.86. The fourth-order valence-corrected chi connectivity index (χ4v) is 1.86. The van der Waals surface area contributed by atoms with E-state index < -0.39 is 17.9 Å². The number of carbonyl (C=O) groups is 3. The lowest BCUT2D eigenvalue weighted by molar-refractivity contribution is -0.120. The summed E-state index contributed by atoms with van der Waals surface area (Å²) in [5, 5.41) is 20.5. The van der Waals surface area contributed by atoms with Crippen molar-refractivity contribution >= 4 is 23.5 Å². The minimum absolute atomic E-state index is 0.0107. The van der Waals surface area contributed by atoms with Crippen LogP contribution >= 0.6 is 0 Å². The number of hydrogen-bond donors (Lipinski definition) is 4. The fraction of sp³-hybridized carbons (Fsp3) is 0.357. The molecule has 0 bridgehead atoms. The molecule has 0 fully saturated rings. The van der Waals surface area contributed by atoms with E-state index >= 15 is 0 Å². The largest absolute Gasteiger partial charge is 0.478 e. The Balaban J connectivity index is 3.10. The Bertz CT molecular complexity index is 536. The van der Waals surface area contributed by atoms with E-state index in [2.05, 4.69) is 5.32 Å². The highest BCUT2D eigenvalue weighted by Gasteiger charge is 2.21. The number of nitrogens with two attached hydrogens (primary N) is 1. The van der Waals surface area contributed by atoms with Crippen LogP contribution in [0.5, 0.6) is 0 Å². The van der Waals surface area contributed by atoms with Gasteiger partial charge in [0.1, 0.15) is 0 Å². The SMILES string of the molecule is CC(C)C(CN)C(=O)Nc1cc(C(=O)O)cc(C(=O)O)c1. The molecule has 0 radical (unpaired) electrons.